The van der Waals surface area contributed by atoms with Crippen LogP contribution in [0.3, 0.4) is 0 Å². The van der Waals surface area contributed by atoms with Gasteiger partial charge in [0.2, 0.25) is 0 Å². The van der Waals surface area contributed by atoms with Gasteiger partial charge in [0.05, 0.1) is 25.1 Å². The van der Waals surface area contributed by atoms with Crippen molar-refractivity contribution in [2.45, 2.75) is 25.6 Å². The van der Waals surface area contributed by atoms with Crippen molar-refractivity contribution in [2.24, 2.45) is 0 Å². The summed E-state index contributed by atoms with van der Waals surface area (Å²) in [6.07, 6.45) is 3.95. The maximum atomic E-state index is 9.25. The molecule has 1 aliphatic heterocycles. The smallest absolute Gasteiger partial charge is 0.113 e. The first-order chi connectivity index (χ1) is 5.33. The van der Waals surface area contributed by atoms with E-state index in [1.807, 2.05) is 6.92 Å². The summed E-state index contributed by atoms with van der Waals surface area (Å²) in [5, 5.41) is 9.25. The van der Waals surface area contributed by atoms with Crippen LogP contribution in [0.25, 0.3) is 0 Å². The molecule has 1 saturated heterocycles. The first-order valence-electron chi connectivity index (χ1n) is 3.85. The number of rotatable bonds is 5. The summed E-state index contributed by atoms with van der Waals surface area (Å²) < 4.78 is 9.94. The van der Waals surface area contributed by atoms with E-state index in [4.69, 9.17) is 9.47 Å². The lowest BCUT2D eigenvalue weighted by Gasteiger charge is -2.06. The molecule has 1 N–H and O–H groups in total. The Morgan fingerprint density at radius 1 is 1.82 bits per heavy atom. The Balaban J connectivity index is 1.95. The summed E-state index contributed by atoms with van der Waals surface area (Å²) in [7, 11) is 0. The van der Waals surface area contributed by atoms with Gasteiger partial charge in [0.1, 0.15) is 6.61 Å². The van der Waals surface area contributed by atoms with Crippen molar-refractivity contribution >= 4 is 0 Å². The summed E-state index contributed by atoms with van der Waals surface area (Å²) in [5.74, 6) is 0. The monoisotopic (exact) mass is 158 g/mol. The minimum Gasteiger partial charge on any atom is -0.499 e. The molecule has 0 bridgehead atoms. The molecule has 64 valence electrons. The highest BCUT2D eigenvalue weighted by molar-refractivity contribution is 4.74. The van der Waals surface area contributed by atoms with Crippen molar-refractivity contribution in [1.82, 2.24) is 0 Å². The fourth-order valence-electron chi connectivity index (χ4n) is 0.838. The van der Waals surface area contributed by atoms with Crippen LogP contribution in [0.1, 0.15) is 13.3 Å². The van der Waals surface area contributed by atoms with Crippen LogP contribution in [0.4, 0.5) is 0 Å². The molecule has 3 nitrogen and oxygen atoms in total. The van der Waals surface area contributed by atoms with Gasteiger partial charge in [0, 0.05) is 6.42 Å². The number of hydrogen-bond donors (Lipinski definition) is 1. The fourth-order valence-corrected chi connectivity index (χ4v) is 0.838. The molecule has 1 rings (SSSR count). The van der Waals surface area contributed by atoms with Gasteiger partial charge in [0.15, 0.2) is 0 Å². The lowest BCUT2D eigenvalue weighted by molar-refractivity contribution is 0.0717. The molecule has 11 heavy (non-hydrogen) atoms. The van der Waals surface area contributed by atoms with Gasteiger partial charge < -0.3 is 14.6 Å². The number of hydrogen-bond acceptors (Lipinski definition) is 3. The van der Waals surface area contributed by atoms with Gasteiger partial charge in [-0.05, 0) is 6.92 Å². The summed E-state index contributed by atoms with van der Waals surface area (Å²) in [6.45, 7) is 3.03. The molecule has 1 heterocycles. The van der Waals surface area contributed by atoms with Crippen LogP contribution >= 0.6 is 0 Å². The average Bonchev–Trinajstić information content (AvgIpc) is 2.72. The largest absolute Gasteiger partial charge is 0.499 e. The van der Waals surface area contributed by atoms with Gasteiger partial charge in [-0.1, -0.05) is 6.08 Å². The highest BCUT2D eigenvalue weighted by Crippen LogP contribution is 2.15. The van der Waals surface area contributed by atoms with Gasteiger partial charge in [-0.15, -0.1) is 0 Å². The molecule has 0 aromatic rings. The van der Waals surface area contributed by atoms with E-state index in [0.29, 0.717) is 13.0 Å². The van der Waals surface area contributed by atoms with Gasteiger partial charge in [0.25, 0.3) is 0 Å². The molecule has 0 amide bonds. The third-order valence-electron chi connectivity index (χ3n) is 1.46. The lowest BCUT2D eigenvalue weighted by Crippen LogP contribution is -2.15. The zero-order valence-electron chi connectivity index (χ0n) is 6.69. The van der Waals surface area contributed by atoms with Crippen LogP contribution in [0.15, 0.2) is 12.3 Å². The van der Waals surface area contributed by atoms with Crippen LogP contribution in [0, 0.1) is 0 Å². The van der Waals surface area contributed by atoms with Crippen molar-refractivity contribution < 1.29 is 14.6 Å². The maximum absolute atomic E-state index is 9.25. The standard InChI is InChI=1S/C8H14O3/c1-2-3-10-5-7(9)4-8-6-11-8/h2-3,7-9H,4-6H2,1H3. The number of epoxide rings is 1. The normalized spacial score (nSPS) is 25.5. The Kier molecular flexibility index (Phi) is 3.39. The number of ether oxygens (including phenoxy) is 2. The van der Waals surface area contributed by atoms with E-state index >= 15 is 0 Å². The predicted octanol–water partition coefficient (Wildman–Crippen LogP) is 0.686. The van der Waals surface area contributed by atoms with E-state index in [1.54, 1.807) is 12.3 Å². The minimum atomic E-state index is -0.390. The molecule has 0 saturated carbocycles. The molecule has 0 aromatic carbocycles. The summed E-state index contributed by atoms with van der Waals surface area (Å²) >= 11 is 0. The Bertz CT molecular complexity index is 129. The molecule has 0 spiro atoms. The van der Waals surface area contributed by atoms with Gasteiger partial charge in [-0.25, -0.2) is 0 Å². The SMILES string of the molecule is CC=COCC(O)CC1CO1. The molecule has 1 fully saturated rings. The van der Waals surface area contributed by atoms with Crippen LogP contribution in [-0.2, 0) is 9.47 Å². The third kappa shape index (κ3) is 4.01. The van der Waals surface area contributed by atoms with Crippen LogP contribution < -0.4 is 0 Å². The molecular formula is C8H14O3. The van der Waals surface area contributed by atoms with Crippen LogP contribution in [0.5, 0.6) is 0 Å². The van der Waals surface area contributed by atoms with E-state index in [1.165, 1.54) is 0 Å². The minimum absolute atomic E-state index is 0.277. The molecular weight excluding hydrogens is 144 g/mol. The number of aliphatic hydroxyl groups excluding tert-OH is 1. The summed E-state index contributed by atoms with van der Waals surface area (Å²) in [6, 6.07) is 0. The topological polar surface area (TPSA) is 42.0 Å². The second-order valence-electron chi connectivity index (χ2n) is 2.65. The molecule has 1 aliphatic rings. The number of allylic oxidation sites excluding steroid dienone is 1. The quantitative estimate of drug-likeness (QED) is 0.472. The van der Waals surface area contributed by atoms with E-state index < -0.39 is 6.10 Å². The van der Waals surface area contributed by atoms with E-state index in [0.717, 1.165) is 6.61 Å². The zero-order valence-corrected chi connectivity index (χ0v) is 6.69. The lowest BCUT2D eigenvalue weighted by atomic mass is 10.2. The highest BCUT2D eigenvalue weighted by Gasteiger charge is 2.25. The molecule has 2 unspecified atom stereocenters. The second kappa shape index (κ2) is 4.36. The Hall–Kier alpha value is -0.540. The van der Waals surface area contributed by atoms with Crippen molar-refractivity contribution in [2.75, 3.05) is 13.2 Å². The zero-order chi connectivity index (χ0) is 8.10. The Morgan fingerprint density at radius 3 is 3.09 bits per heavy atom. The predicted molar refractivity (Wildman–Crippen MR) is 41.1 cm³/mol. The van der Waals surface area contributed by atoms with E-state index in [9.17, 15) is 5.11 Å². The van der Waals surface area contributed by atoms with E-state index in [-0.39, 0.29) is 6.10 Å². The molecule has 3 heteroatoms. The summed E-state index contributed by atoms with van der Waals surface area (Å²) in [4.78, 5) is 0. The van der Waals surface area contributed by atoms with Crippen molar-refractivity contribution in [3.63, 3.8) is 0 Å². The molecule has 0 aliphatic carbocycles. The maximum Gasteiger partial charge on any atom is 0.113 e. The first-order valence-corrected chi connectivity index (χ1v) is 3.85. The van der Waals surface area contributed by atoms with Gasteiger partial charge in [-0.3, -0.25) is 0 Å². The van der Waals surface area contributed by atoms with Crippen LogP contribution in [-0.4, -0.2) is 30.5 Å². The van der Waals surface area contributed by atoms with Gasteiger partial charge in [-0.2, -0.15) is 0 Å². The molecule has 0 aromatic heterocycles. The second-order valence-corrected chi connectivity index (χ2v) is 2.65. The van der Waals surface area contributed by atoms with Crippen molar-refractivity contribution in [3.8, 4) is 0 Å². The third-order valence-corrected chi connectivity index (χ3v) is 1.46. The van der Waals surface area contributed by atoms with Crippen LogP contribution in [0.2, 0.25) is 0 Å². The number of aliphatic hydroxyl groups is 1. The van der Waals surface area contributed by atoms with Gasteiger partial charge >= 0.3 is 0 Å². The van der Waals surface area contributed by atoms with E-state index in [2.05, 4.69) is 0 Å². The summed E-state index contributed by atoms with van der Waals surface area (Å²) in [5.41, 5.74) is 0. The Labute approximate surface area is 66.6 Å². The first kappa shape index (κ1) is 8.56. The fraction of sp³-hybridized carbons (Fsp3) is 0.750. The van der Waals surface area contributed by atoms with Crippen molar-refractivity contribution in [1.29, 1.82) is 0 Å². The molecule has 0 radical (unpaired) electrons. The highest BCUT2D eigenvalue weighted by atomic mass is 16.6. The van der Waals surface area contributed by atoms with Crippen molar-refractivity contribution in [3.05, 3.63) is 12.3 Å². The average molecular weight is 158 g/mol. The Morgan fingerprint density at radius 2 is 2.55 bits per heavy atom. The molecule has 2 atom stereocenters.